The fourth-order valence-corrected chi connectivity index (χ4v) is 2.77. The molecular formula is C17H22N2O4. The lowest BCUT2D eigenvalue weighted by Crippen LogP contribution is -2.24. The molecule has 2 rings (SSSR count). The third-order valence-electron chi connectivity index (χ3n) is 4.08. The lowest BCUT2D eigenvalue weighted by atomic mass is 10.0. The molecule has 0 heterocycles. The van der Waals surface area contributed by atoms with E-state index < -0.39 is 11.9 Å². The molecule has 0 aliphatic heterocycles. The summed E-state index contributed by atoms with van der Waals surface area (Å²) in [5, 5.41) is 14.6. The fourth-order valence-electron chi connectivity index (χ4n) is 2.77. The van der Waals surface area contributed by atoms with E-state index in [4.69, 9.17) is 5.11 Å². The van der Waals surface area contributed by atoms with Crippen LogP contribution in [0, 0.1) is 11.8 Å². The SMILES string of the molecule is CCCNC(=O)c1cccc(NC(=O)[C@@H]2CC[C@H](C(=O)O)C2)c1. The van der Waals surface area contributed by atoms with Crippen molar-refractivity contribution < 1.29 is 19.5 Å². The molecule has 0 radical (unpaired) electrons. The molecule has 0 bridgehead atoms. The standard InChI is InChI=1S/C17H22N2O4/c1-2-8-18-15(20)11-4-3-5-14(10-11)19-16(21)12-6-7-13(9-12)17(22)23/h3-5,10,12-13H,2,6-9H2,1H3,(H,18,20)(H,19,21)(H,22,23)/t12-,13+/m1/s1. The quantitative estimate of drug-likeness (QED) is 0.749. The molecule has 23 heavy (non-hydrogen) atoms. The molecule has 0 spiro atoms. The van der Waals surface area contributed by atoms with Gasteiger partial charge in [0.25, 0.3) is 5.91 Å². The van der Waals surface area contributed by atoms with E-state index in [1.807, 2.05) is 6.92 Å². The van der Waals surface area contributed by atoms with Crippen LogP contribution in [0.15, 0.2) is 24.3 Å². The number of carboxylic acids is 1. The summed E-state index contributed by atoms with van der Waals surface area (Å²) in [4.78, 5) is 35.1. The summed E-state index contributed by atoms with van der Waals surface area (Å²) in [6.07, 6.45) is 2.35. The Morgan fingerprint density at radius 3 is 2.61 bits per heavy atom. The number of nitrogens with one attached hydrogen (secondary N) is 2. The Bertz CT molecular complexity index is 600. The van der Waals surface area contributed by atoms with Gasteiger partial charge in [-0.3, -0.25) is 14.4 Å². The highest BCUT2D eigenvalue weighted by molar-refractivity contribution is 5.97. The van der Waals surface area contributed by atoms with Crippen molar-refractivity contribution in [3.8, 4) is 0 Å². The summed E-state index contributed by atoms with van der Waals surface area (Å²) in [6.45, 7) is 2.58. The number of benzene rings is 1. The van der Waals surface area contributed by atoms with Crippen LogP contribution in [-0.4, -0.2) is 29.4 Å². The van der Waals surface area contributed by atoms with E-state index in [0.29, 0.717) is 37.1 Å². The van der Waals surface area contributed by atoms with E-state index in [9.17, 15) is 14.4 Å². The number of carbonyl (C=O) groups is 3. The van der Waals surface area contributed by atoms with Crippen molar-refractivity contribution in [2.24, 2.45) is 11.8 Å². The zero-order chi connectivity index (χ0) is 16.8. The fraction of sp³-hybridized carbons (Fsp3) is 0.471. The third kappa shape index (κ3) is 4.55. The zero-order valence-corrected chi connectivity index (χ0v) is 13.2. The first-order valence-electron chi connectivity index (χ1n) is 7.93. The first-order valence-corrected chi connectivity index (χ1v) is 7.93. The molecule has 1 fully saturated rings. The number of hydrogen-bond donors (Lipinski definition) is 3. The highest BCUT2D eigenvalue weighted by Crippen LogP contribution is 2.31. The van der Waals surface area contributed by atoms with E-state index in [0.717, 1.165) is 6.42 Å². The van der Waals surface area contributed by atoms with E-state index in [1.54, 1.807) is 24.3 Å². The largest absolute Gasteiger partial charge is 0.481 e. The summed E-state index contributed by atoms with van der Waals surface area (Å²) >= 11 is 0. The van der Waals surface area contributed by atoms with Gasteiger partial charge >= 0.3 is 5.97 Å². The van der Waals surface area contributed by atoms with Gasteiger partial charge < -0.3 is 15.7 Å². The lowest BCUT2D eigenvalue weighted by molar-refractivity contribution is -0.141. The van der Waals surface area contributed by atoms with Crippen LogP contribution in [0.5, 0.6) is 0 Å². The minimum atomic E-state index is -0.838. The molecular weight excluding hydrogens is 296 g/mol. The molecule has 2 amide bonds. The first-order chi connectivity index (χ1) is 11.0. The minimum absolute atomic E-state index is 0.172. The number of hydrogen-bond acceptors (Lipinski definition) is 3. The van der Waals surface area contributed by atoms with Crippen molar-refractivity contribution in [3.63, 3.8) is 0 Å². The van der Waals surface area contributed by atoms with Crippen LogP contribution < -0.4 is 10.6 Å². The van der Waals surface area contributed by atoms with Crippen LogP contribution in [0.25, 0.3) is 0 Å². The Kier molecular flexibility index (Phi) is 5.73. The first kappa shape index (κ1) is 17.0. The molecule has 6 heteroatoms. The van der Waals surface area contributed by atoms with Crippen molar-refractivity contribution in [2.75, 3.05) is 11.9 Å². The molecule has 124 valence electrons. The number of anilines is 1. The van der Waals surface area contributed by atoms with E-state index in [1.165, 1.54) is 0 Å². The molecule has 0 saturated heterocycles. The van der Waals surface area contributed by atoms with Crippen molar-refractivity contribution >= 4 is 23.5 Å². The lowest BCUT2D eigenvalue weighted by Gasteiger charge is -2.12. The van der Waals surface area contributed by atoms with Gasteiger partial charge in [-0.05, 0) is 43.9 Å². The molecule has 1 aromatic carbocycles. The second-order valence-electron chi connectivity index (χ2n) is 5.87. The Morgan fingerprint density at radius 1 is 1.22 bits per heavy atom. The smallest absolute Gasteiger partial charge is 0.306 e. The van der Waals surface area contributed by atoms with Gasteiger partial charge in [0.15, 0.2) is 0 Å². The maximum atomic E-state index is 12.2. The highest BCUT2D eigenvalue weighted by Gasteiger charge is 2.33. The minimum Gasteiger partial charge on any atom is -0.481 e. The number of rotatable bonds is 6. The van der Waals surface area contributed by atoms with Crippen LogP contribution in [0.4, 0.5) is 5.69 Å². The number of amides is 2. The Morgan fingerprint density at radius 2 is 1.96 bits per heavy atom. The highest BCUT2D eigenvalue weighted by atomic mass is 16.4. The normalized spacial score (nSPS) is 20.0. The second-order valence-corrected chi connectivity index (χ2v) is 5.87. The predicted octanol–water partition coefficient (Wildman–Crippen LogP) is 2.27. The maximum Gasteiger partial charge on any atom is 0.306 e. The maximum absolute atomic E-state index is 12.2. The second kappa shape index (κ2) is 7.76. The van der Waals surface area contributed by atoms with E-state index >= 15 is 0 Å². The monoisotopic (exact) mass is 318 g/mol. The summed E-state index contributed by atoms with van der Waals surface area (Å²) in [7, 11) is 0. The van der Waals surface area contributed by atoms with Crippen LogP contribution in [-0.2, 0) is 9.59 Å². The summed E-state index contributed by atoms with van der Waals surface area (Å²) in [5.74, 6) is -1.91. The summed E-state index contributed by atoms with van der Waals surface area (Å²) in [5.41, 5.74) is 1.05. The van der Waals surface area contributed by atoms with Crippen molar-refractivity contribution in [2.45, 2.75) is 32.6 Å². The van der Waals surface area contributed by atoms with Gasteiger partial charge in [-0.2, -0.15) is 0 Å². The van der Waals surface area contributed by atoms with Crippen molar-refractivity contribution in [1.82, 2.24) is 5.32 Å². The number of aliphatic carboxylic acids is 1. The molecule has 3 N–H and O–H groups in total. The van der Waals surface area contributed by atoms with Gasteiger partial charge in [-0.1, -0.05) is 13.0 Å². The van der Waals surface area contributed by atoms with Crippen LogP contribution in [0.1, 0.15) is 43.0 Å². The summed E-state index contributed by atoms with van der Waals surface area (Å²) in [6, 6.07) is 6.76. The van der Waals surface area contributed by atoms with Gasteiger partial charge in [0.05, 0.1) is 5.92 Å². The Hall–Kier alpha value is -2.37. The molecule has 1 aliphatic rings. The number of carbonyl (C=O) groups excluding carboxylic acids is 2. The molecule has 6 nitrogen and oxygen atoms in total. The molecule has 2 atom stereocenters. The van der Waals surface area contributed by atoms with Gasteiger partial charge in [-0.15, -0.1) is 0 Å². The number of carboxylic acid groups (broad SMARTS) is 1. The Balaban J connectivity index is 1.96. The third-order valence-corrected chi connectivity index (χ3v) is 4.08. The average Bonchev–Trinajstić information content (AvgIpc) is 3.03. The van der Waals surface area contributed by atoms with Crippen molar-refractivity contribution in [1.29, 1.82) is 0 Å². The zero-order valence-electron chi connectivity index (χ0n) is 13.2. The average molecular weight is 318 g/mol. The Labute approximate surface area is 135 Å². The topological polar surface area (TPSA) is 95.5 Å². The van der Waals surface area contributed by atoms with Gasteiger partial charge in [0.1, 0.15) is 0 Å². The molecule has 0 aromatic heterocycles. The summed E-state index contributed by atoms with van der Waals surface area (Å²) < 4.78 is 0. The predicted molar refractivity (Wildman–Crippen MR) is 86.2 cm³/mol. The van der Waals surface area contributed by atoms with Gasteiger partial charge in [0, 0.05) is 23.7 Å². The molecule has 0 unspecified atom stereocenters. The van der Waals surface area contributed by atoms with E-state index in [2.05, 4.69) is 10.6 Å². The molecule has 1 aromatic rings. The van der Waals surface area contributed by atoms with Gasteiger partial charge in [-0.25, -0.2) is 0 Å². The van der Waals surface area contributed by atoms with Crippen molar-refractivity contribution in [3.05, 3.63) is 29.8 Å². The molecule has 1 saturated carbocycles. The van der Waals surface area contributed by atoms with Crippen LogP contribution >= 0.6 is 0 Å². The van der Waals surface area contributed by atoms with E-state index in [-0.39, 0.29) is 17.7 Å². The van der Waals surface area contributed by atoms with Crippen LogP contribution in [0.2, 0.25) is 0 Å². The van der Waals surface area contributed by atoms with Gasteiger partial charge in [0.2, 0.25) is 5.91 Å². The molecule has 1 aliphatic carbocycles. The van der Waals surface area contributed by atoms with Crippen LogP contribution in [0.3, 0.4) is 0 Å².